The summed E-state index contributed by atoms with van der Waals surface area (Å²) in [5.74, 6) is 6.20. The van der Waals surface area contributed by atoms with E-state index >= 15 is 0 Å². The Morgan fingerprint density at radius 3 is 2.65 bits per heavy atom. The maximum atomic E-state index is 9.48. The summed E-state index contributed by atoms with van der Waals surface area (Å²) >= 11 is 0. The normalized spacial score (nSPS) is 16.5. The first-order chi connectivity index (χ1) is 9.74. The second kappa shape index (κ2) is 4.98. The summed E-state index contributed by atoms with van der Waals surface area (Å²) in [6, 6.07) is 0. The molecule has 10 nitrogen and oxygen atoms in total. The van der Waals surface area contributed by atoms with E-state index in [1.807, 2.05) is 0 Å². The van der Waals surface area contributed by atoms with Gasteiger partial charge in [0.2, 0.25) is 11.9 Å². The summed E-state index contributed by atoms with van der Waals surface area (Å²) in [5, 5.41) is 16.6. The third-order valence-electron chi connectivity index (χ3n) is 3.37. The van der Waals surface area contributed by atoms with E-state index in [4.69, 9.17) is 5.84 Å². The molecule has 0 saturated heterocycles. The van der Waals surface area contributed by atoms with Gasteiger partial charge in [0.1, 0.15) is 12.7 Å². The third kappa shape index (κ3) is 2.26. The second-order valence-corrected chi connectivity index (χ2v) is 4.68. The molecule has 2 aromatic rings. The lowest BCUT2D eigenvalue weighted by molar-refractivity contribution is 0.143. The highest BCUT2D eigenvalue weighted by atomic mass is 16.3. The molecule has 10 heteroatoms. The first-order valence-corrected chi connectivity index (χ1v) is 6.21. The number of nitrogens with zero attached hydrogens (tertiary/aromatic N) is 6. The molecule has 0 bridgehead atoms. The molecular weight excluding hydrogens is 262 g/mol. The number of hydrogen-bond donors (Lipinski definition) is 4. The number of rotatable bonds is 5. The molecular formula is C10H15N9O. The zero-order valence-corrected chi connectivity index (χ0v) is 10.7. The van der Waals surface area contributed by atoms with Gasteiger partial charge in [0.05, 0.1) is 12.1 Å². The topological polar surface area (TPSA) is 140 Å². The number of nitrogens with two attached hydrogens (primary N) is 1. The van der Waals surface area contributed by atoms with Gasteiger partial charge in [-0.15, -0.1) is 0 Å². The van der Waals surface area contributed by atoms with E-state index in [0.29, 0.717) is 11.9 Å². The van der Waals surface area contributed by atoms with E-state index in [-0.39, 0.29) is 18.1 Å². The molecule has 1 saturated carbocycles. The van der Waals surface area contributed by atoms with Gasteiger partial charge in [-0.25, -0.2) is 10.8 Å². The fourth-order valence-electron chi connectivity index (χ4n) is 2.06. The van der Waals surface area contributed by atoms with Crippen molar-refractivity contribution < 1.29 is 5.11 Å². The summed E-state index contributed by atoms with van der Waals surface area (Å²) in [7, 11) is 0. The average molecular weight is 277 g/mol. The van der Waals surface area contributed by atoms with Crippen molar-refractivity contribution in [3.8, 4) is 5.95 Å². The molecule has 2 heterocycles. The molecule has 0 atom stereocenters. The molecule has 1 aliphatic rings. The highest BCUT2D eigenvalue weighted by molar-refractivity contribution is 5.39. The van der Waals surface area contributed by atoms with Crippen LogP contribution in [0.1, 0.15) is 19.3 Å². The van der Waals surface area contributed by atoms with Crippen molar-refractivity contribution in [3.05, 3.63) is 12.7 Å². The lowest BCUT2D eigenvalue weighted by atomic mass is 9.77. The summed E-state index contributed by atoms with van der Waals surface area (Å²) < 4.78 is 1.40. The number of anilines is 2. The van der Waals surface area contributed by atoms with Crippen LogP contribution in [-0.2, 0) is 0 Å². The Hall–Kier alpha value is -2.33. The molecule has 0 amide bonds. The largest absolute Gasteiger partial charge is 0.394 e. The van der Waals surface area contributed by atoms with Crippen LogP contribution in [0.4, 0.5) is 11.9 Å². The first kappa shape index (κ1) is 12.7. The van der Waals surface area contributed by atoms with Crippen LogP contribution in [0.25, 0.3) is 5.95 Å². The monoisotopic (exact) mass is 277 g/mol. The van der Waals surface area contributed by atoms with Crippen LogP contribution in [0.5, 0.6) is 0 Å². The van der Waals surface area contributed by atoms with Crippen molar-refractivity contribution >= 4 is 11.9 Å². The number of nitrogens with one attached hydrogen (secondary N) is 2. The van der Waals surface area contributed by atoms with Crippen molar-refractivity contribution in [1.82, 2.24) is 29.7 Å². The summed E-state index contributed by atoms with van der Waals surface area (Å²) in [4.78, 5) is 16.3. The van der Waals surface area contributed by atoms with E-state index in [9.17, 15) is 5.11 Å². The zero-order chi connectivity index (χ0) is 14.0. The summed E-state index contributed by atoms with van der Waals surface area (Å²) in [5.41, 5.74) is 2.03. The van der Waals surface area contributed by atoms with Crippen molar-refractivity contribution in [2.45, 2.75) is 24.8 Å². The lowest BCUT2D eigenvalue weighted by Gasteiger charge is -2.40. The Kier molecular flexibility index (Phi) is 3.16. The Balaban J connectivity index is 1.92. The number of aliphatic hydroxyl groups is 1. The first-order valence-electron chi connectivity index (χ1n) is 6.21. The number of aromatic nitrogens is 6. The van der Waals surface area contributed by atoms with Gasteiger partial charge >= 0.3 is 0 Å². The minimum Gasteiger partial charge on any atom is -0.394 e. The third-order valence-corrected chi connectivity index (χ3v) is 3.37. The standard InChI is InChI=1S/C10H15N9O/c11-18-8-14-7(17-10(4-20)2-1-3-10)15-9(16-8)19-6-12-5-13-19/h5-6,20H,1-4,11H2,(H2,14,15,16,17,18). The molecule has 20 heavy (non-hydrogen) atoms. The van der Waals surface area contributed by atoms with E-state index in [1.165, 1.54) is 17.3 Å². The molecule has 1 aliphatic carbocycles. The Labute approximate surface area is 114 Å². The van der Waals surface area contributed by atoms with Crippen molar-refractivity contribution in [3.63, 3.8) is 0 Å². The number of aliphatic hydroxyl groups excluding tert-OH is 1. The Bertz CT molecular complexity index is 575. The number of hydrogen-bond acceptors (Lipinski definition) is 9. The summed E-state index contributed by atoms with van der Waals surface area (Å²) in [6.07, 6.45) is 5.67. The van der Waals surface area contributed by atoms with Crippen LogP contribution in [0.3, 0.4) is 0 Å². The minimum atomic E-state index is -0.354. The van der Waals surface area contributed by atoms with Gasteiger partial charge in [0, 0.05) is 0 Å². The quantitative estimate of drug-likeness (QED) is 0.402. The predicted molar refractivity (Wildman–Crippen MR) is 69.8 cm³/mol. The van der Waals surface area contributed by atoms with Crippen molar-refractivity contribution in [1.29, 1.82) is 0 Å². The SMILES string of the molecule is NNc1nc(NC2(CO)CCC2)nc(-n2cncn2)n1. The Morgan fingerprint density at radius 1 is 1.30 bits per heavy atom. The molecule has 2 aromatic heterocycles. The highest BCUT2D eigenvalue weighted by Crippen LogP contribution is 2.34. The number of hydrazine groups is 1. The summed E-state index contributed by atoms with van der Waals surface area (Å²) in [6.45, 7) is 0.0305. The maximum absolute atomic E-state index is 9.48. The molecule has 0 unspecified atom stereocenters. The molecule has 0 aliphatic heterocycles. The molecule has 1 fully saturated rings. The maximum Gasteiger partial charge on any atom is 0.258 e. The van der Waals surface area contributed by atoms with Gasteiger partial charge in [-0.05, 0) is 19.3 Å². The molecule has 0 spiro atoms. The van der Waals surface area contributed by atoms with Crippen molar-refractivity contribution in [2.75, 3.05) is 17.3 Å². The molecule has 3 rings (SSSR count). The fraction of sp³-hybridized carbons (Fsp3) is 0.500. The van der Waals surface area contributed by atoms with Crippen LogP contribution < -0.4 is 16.6 Å². The lowest BCUT2D eigenvalue weighted by Crippen LogP contribution is -2.48. The average Bonchev–Trinajstić information content (AvgIpc) is 2.96. The van der Waals surface area contributed by atoms with Crippen LogP contribution in [-0.4, -0.2) is 47.0 Å². The van der Waals surface area contributed by atoms with Gasteiger partial charge in [0.25, 0.3) is 5.95 Å². The van der Waals surface area contributed by atoms with E-state index < -0.39 is 0 Å². The predicted octanol–water partition coefficient (Wildman–Crippen LogP) is -0.935. The van der Waals surface area contributed by atoms with Gasteiger partial charge < -0.3 is 10.4 Å². The molecule has 0 radical (unpaired) electrons. The van der Waals surface area contributed by atoms with Crippen molar-refractivity contribution in [2.24, 2.45) is 5.84 Å². The highest BCUT2D eigenvalue weighted by Gasteiger charge is 2.37. The fourth-order valence-corrected chi connectivity index (χ4v) is 2.06. The van der Waals surface area contributed by atoms with Gasteiger partial charge in [0.15, 0.2) is 0 Å². The van der Waals surface area contributed by atoms with Crippen LogP contribution in [0.15, 0.2) is 12.7 Å². The minimum absolute atomic E-state index is 0.0305. The molecule has 106 valence electrons. The zero-order valence-electron chi connectivity index (χ0n) is 10.7. The van der Waals surface area contributed by atoms with Crippen LogP contribution in [0.2, 0.25) is 0 Å². The second-order valence-electron chi connectivity index (χ2n) is 4.68. The van der Waals surface area contributed by atoms with E-state index in [1.54, 1.807) is 0 Å². The smallest absolute Gasteiger partial charge is 0.258 e. The van der Waals surface area contributed by atoms with Gasteiger partial charge in [-0.1, -0.05) is 0 Å². The van der Waals surface area contributed by atoms with E-state index in [2.05, 4.69) is 35.8 Å². The molecule has 5 N–H and O–H groups in total. The van der Waals surface area contributed by atoms with E-state index in [0.717, 1.165) is 19.3 Å². The van der Waals surface area contributed by atoms with Crippen LogP contribution >= 0.6 is 0 Å². The van der Waals surface area contributed by atoms with Gasteiger partial charge in [-0.3, -0.25) is 5.43 Å². The van der Waals surface area contributed by atoms with Gasteiger partial charge in [-0.2, -0.15) is 24.7 Å². The Morgan fingerprint density at radius 2 is 2.10 bits per heavy atom. The molecule has 0 aromatic carbocycles. The number of nitrogen functional groups attached to an aromatic ring is 1. The van der Waals surface area contributed by atoms with Crippen LogP contribution in [0, 0.1) is 0 Å².